The number of aromatic nitrogens is 2. The Balaban J connectivity index is 1.94. The molecule has 0 saturated carbocycles. The Hall–Kier alpha value is -4.31. The predicted molar refractivity (Wildman–Crippen MR) is 148 cm³/mol. The van der Waals surface area contributed by atoms with E-state index in [0.29, 0.717) is 36.7 Å². The van der Waals surface area contributed by atoms with Gasteiger partial charge in [0.15, 0.2) is 0 Å². The fraction of sp³-hybridized carbons (Fsp3) is 0.464. The smallest absolute Gasteiger partial charge is 0.408 e. The number of unbranched alkanes of at least 4 members (excludes halogenated alkanes) is 1. The summed E-state index contributed by atoms with van der Waals surface area (Å²) in [4.78, 5) is 33.2. The molecule has 1 atom stereocenters. The number of carbonyl (C=O) groups is 2. The number of rotatable bonds is 10. The summed E-state index contributed by atoms with van der Waals surface area (Å²) in [7, 11) is 0. The summed E-state index contributed by atoms with van der Waals surface area (Å²) in [5.74, 6) is 7.11. The van der Waals surface area contributed by atoms with Crippen molar-refractivity contribution >= 4 is 29.5 Å². The fourth-order valence-electron chi connectivity index (χ4n) is 3.15. The summed E-state index contributed by atoms with van der Waals surface area (Å²) in [5.41, 5.74) is 2.19. The highest BCUT2D eigenvalue weighted by Crippen LogP contribution is 2.20. The Morgan fingerprint density at radius 2 is 1.84 bits per heavy atom. The van der Waals surface area contributed by atoms with Gasteiger partial charge in [-0.15, -0.1) is 0 Å². The maximum atomic E-state index is 12.2. The van der Waals surface area contributed by atoms with Gasteiger partial charge in [0, 0.05) is 25.2 Å². The van der Waals surface area contributed by atoms with Crippen molar-refractivity contribution in [1.82, 2.24) is 20.6 Å². The highest BCUT2D eigenvalue weighted by atomic mass is 16.6. The highest BCUT2D eigenvalue weighted by molar-refractivity contribution is 5.85. The lowest BCUT2D eigenvalue weighted by atomic mass is 10.2. The third kappa shape index (κ3) is 10.4. The number of benzene rings is 1. The van der Waals surface area contributed by atoms with Crippen LogP contribution in [-0.2, 0) is 9.53 Å². The average Bonchev–Trinajstić information content (AvgIpc) is 2.84. The molecule has 0 radical (unpaired) electrons. The van der Waals surface area contributed by atoms with Crippen molar-refractivity contribution in [3.8, 4) is 17.9 Å². The van der Waals surface area contributed by atoms with Gasteiger partial charge in [0.1, 0.15) is 17.5 Å². The topological polar surface area (TPSA) is 141 Å². The van der Waals surface area contributed by atoms with Crippen molar-refractivity contribution in [2.75, 3.05) is 23.7 Å². The maximum Gasteiger partial charge on any atom is 0.408 e. The molecule has 10 heteroatoms. The summed E-state index contributed by atoms with van der Waals surface area (Å²) >= 11 is 0. The van der Waals surface area contributed by atoms with Crippen LogP contribution < -0.4 is 21.3 Å². The molecule has 0 spiro atoms. The van der Waals surface area contributed by atoms with Gasteiger partial charge in [-0.25, -0.2) is 9.78 Å². The Morgan fingerprint density at radius 1 is 1.13 bits per heavy atom. The van der Waals surface area contributed by atoms with Gasteiger partial charge in [-0.1, -0.05) is 18.8 Å². The molecule has 202 valence electrons. The third-order valence-corrected chi connectivity index (χ3v) is 5.02. The van der Waals surface area contributed by atoms with E-state index in [2.05, 4.69) is 56.1 Å². The zero-order chi connectivity index (χ0) is 28.1. The minimum absolute atomic E-state index is 0.288. The van der Waals surface area contributed by atoms with Crippen LogP contribution in [0.4, 0.5) is 22.2 Å². The van der Waals surface area contributed by atoms with Crippen molar-refractivity contribution in [3.05, 3.63) is 41.1 Å². The Morgan fingerprint density at radius 3 is 2.47 bits per heavy atom. The van der Waals surface area contributed by atoms with Gasteiger partial charge < -0.3 is 26.0 Å². The lowest BCUT2D eigenvalue weighted by Gasteiger charge is -2.21. The average molecular weight is 520 g/mol. The summed E-state index contributed by atoms with van der Waals surface area (Å²) in [6.07, 6.45) is 1.50. The van der Waals surface area contributed by atoms with Gasteiger partial charge >= 0.3 is 6.09 Å². The number of anilines is 3. The third-order valence-electron chi connectivity index (χ3n) is 5.02. The van der Waals surface area contributed by atoms with E-state index in [1.807, 2.05) is 6.92 Å². The van der Waals surface area contributed by atoms with Gasteiger partial charge in [0.05, 0.1) is 22.9 Å². The van der Waals surface area contributed by atoms with Crippen LogP contribution in [0, 0.1) is 30.1 Å². The number of nitrogens with one attached hydrogen (secondary N) is 4. The van der Waals surface area contributed by atoms with E-state index in [4.69, 9.17) is 10.00 Å². The minimum Gasteiger partial charge on any atom is -0.444 e. The van der Waals surface area contributed by atoms with Gasteiger partial charge in [-0.3, -0.25) is 4.79 Å². The lowest BCUT2D eigenvalue weighted by molar-refractivity contribution is -0.122. The van der Waals surface area contributed by atoms with E-state index in [0.717, 1.165) is 29.9 Å². The second-order valence-electron chi connectivity index (χ2n) is 9.66. The molecule has 0 aliphatic carbocycles. The van der Waals surface area contributed by atoms with Gasteiger partial charge in [0.2, 0.25) is 11.9 Å². The van der Waals surface area contributed by atoms with E-state index < -0.39 is 17.7 Å². The molecule has 2 aromatic rings. The molecule has 1 aromatic heterocycles. The standard InChI is InChI=1S/C28H37N7O3/c1-7-16-30-24-23(19(2)32-26(35-24)34-22-14-12-21(18-29)13-15-22)11-9-8-10-17-31-25(36)20(3)33-27(37)38-28(4,5)6/h12-15,20H,7-8,10,16-17H2,1-6H3,(H,31,36)(H,33,37)(H2,30,32,34,35)/t20-/m0/s1. The Bertz CT molecular complexity index is 1200. The van der Waals surface area contributed by atoms with Crippen molar-refractivity contribution in [1.29, 1.82) is 5.26 Å². The first kappa shape index (κ1) is 29.9. The van der Waals surface area contributed by atoms with Crippen LogP contribution in [0.3, 0.4) is 0 Å². The molecule has 10 nitrogen and oxygen atoms in total. The number of ether oxygens (including phenoxy) is 1. The fourth-order valence-corrected chi connectivity index (χ4v) is 3.15. The number of nitrogens with zero attached hydrogens (tertiary/aromatic N) is 3. The molecule has 2 amide bonds. The van der Waals surface area contributed by atoms with E-state index >= 15 is 0 Å². The maximum absolute atomic E-state index is 12.2. The van der Waals surface area contributed by atoms with E-state index in [1.54, 1.807) is 52.0 Å². The number of hydrogen-bond acceptors (Lipinski definition) is 8. The van der Waals surface area contributed by atoms with Crippen molar-refractivity contribution in [3.63, 3.8) is 0 Å². The monoisotopic (exact) mass is 519 g/mol. The molecule has 0 aliphatic heterocycles. The normalized spacial score (nSPS) is 11.3. The predicted octanol–water partition coefficient (Wildman–Crippen LogP) is 4.38. The lowest BCUT2D eigenvalue weighted by Crippen LogP contribution is -2.46. The summed E-state index contributed by atoms with van der Waals surface area (Å²) in [5, 5.41) is 20.8. The molecule has 0 saturated heterocycles. The molecule has 38 heavy (non-hydrogen) atoms. The van der Waals surface area contributed by atoms with Crippen molar-refractivity contribution in [2.24, 2.45) is 0 Å². The molecule has 2 rings (SSSR count). The Kier molecular flexibility index (Phi) is 11.4. The largest absolute Gasteiger partial charge is 0.444 e. The minimum atomic E-state index is -0.709. The molecule has 1 aromatic carbocycles. The molecular formula is C28H37N7O3. The summed E-state index contributed by atoms with van der Waals surface area (Å²) < 4.78 is 5.17. The van der Waals surface area contributed by atoms with Crippen LogP contribution in [-0.4, -0.2) is 46.7 Å². The number of nitriles is 1. The highest BCUT2D eigenvalue weighted by Gasteiger charge is 2.20. The molecule has 1 heterocycles. The number of hydrogen-bond donors (Lipinski definition) is 4. The van der Waals surface area contributed by atoms with Crippen LogP contribution in [0.5, 0.6) is 0 Å². The number of aryl methyl sites for hydroxylation is 1. The number of amides is 2. The second-order valence-corrected chi connectivity index (χ2v) is 9.66. The second kappa shape index (κ2) is 14.4. The Labute approximate surface area is 225 Å². The molecule has 4 N–H and O–H groups in total. The quantitative estimate of drug-likeness (QED) is 0.268. The van der Waals surface area contributed by atoms with Crippen LogP contribution >= 0.6 is 0 Å². The summed E-state index contributed by atoms with van der Waals surface area (Å²) in [6, 6.07) is 8.45. The van der Waals surface area contributed by atoms with Crippen molar-refractivity contribution < 1.29 is 14.3 Å². The van der Waals surface area contributed by atoms with E-state index in [1.165, 1.54) is 0 Å². The van der Waals surface area contributed by atoms with Crippen molar-refractivity contribution in [2.45, 2.75) is 72.4 Å². The zero-order valence-corrected chi connectivity index (χ0v) is 23.0. The van der Waals surface area contributed by atoms with Gasteiger partial charge in [-0.2, -0.15) is 10.2 Å². The van der Waals surface area contributed by atoms with Crippen LogP contribution in [0.1, 0.15) is 70.7 Å². The number of alkyl carbamates (subject to hydrolysis) is 1. The number of carbonyl (C=O) groups excluding carboxylic acids is 2. The first-order valence-corrected chi connectivity index (χ1v) is 12.7. The zero-order valence-electron chi connectivity index (χ0n) is 23.0. The molecule has 0 aliphatic rings. The van der Waals surface area contributed by atoms with Crippen LogP contribution in [0.15, 0.2) is 24.3 Å². The van der Waals surface area contributed by atoms with Crippen LogP contribution in [0.2, 0.25) is 0 Å². The van der Waals surface area contributed by atoms with Gasteiger partial charge in [-0.05, 0) is 71.7 Å². The molecular weight excluding hydrogens is 482 g/mol. The summed E-state index contributed by atoms with van der Waals surface area (Å²) in [6.45, 7) is 12.0. The van der Waals surface area contributed by atoms with Gasteiger partial charge in [0.25, 0.3) is 0 Å². The molecule has 0 unspecified atom stereocenters. The molecule has 0 bridgehead atoms. The van der Waals surface area contributed by atoms with E-state index in [9.17, 15) is 9.59 Å². The molecule has 0 fully saturated rings. The first-order valence-electron chi connectivity index (χ1n) is 12.7. The first-order chi connectivity index (χ1) is 18.0. The van der Waals surface area contributed by atoms with E-state index in [-0.39, 0.29) is 5.91 Å². The van der Waals surface area contributed by atoms with Crippen LogP contribution in [0.25, 0.3) is 0 Å². The SMILES string of the molecule is CCCNc1nc(Nc2ccc(C#N)cc2)nc(C)c1C#CCCCNC(=O)[C@H](C)NC(=O)OC(C)(C)C.